The molecule has 0 aliphatic rings. The van der Waals surface area contributed by atoms with E-state index in [0.717, 1.165) is 24.3 Å². The van der Waals surface area contributed by atoms with Gasteiger partial charge in [-0.1, -0.05) is 24.6 Å². The molecule has 88 valence electrons. The summed E-state index contributed by atoms with van der Waals surface area (Å²) in [5.74, 6) is 0.831. The Balaban J connectivity index is 2.97. The first-order valence-corrected chi connectivity index (χ1v) is 5.80. The molecule has 0 saturated heterocycles. The van der Waals surface area contributed by atoms with E-state index < -0.39 is 0 Å². The van der Waals surface area contributed by atoms with Gasteiger partial charge in [0.05, 0.1) is 13.2 Å². The molecule has 1 rings (SSSR count). The van der Waals surface area contributed by atoms with E-state index in [1.165, 1.54) is 0 Å². The van der Waals surface area contributed by atoms with Crippen molar-refractivity contribution in [1.29, 1.82) is 0 Å². The Labute approximate surface area is 102 Å². The molecule has 3 heteroatoms. The van der Waals surface area contributed by atoms with Crippen molar-refractivity contribution >= 4 is 11.6 Å². The van der Waals surface area contributed by atoms with Gasteiger partial charge in [0.1, 0.15) is 5.75 Å². The van der Waals surface area contributed by atoms with Gasteiger partial charge in [-0.3, -0.25) is 0 Å². The van der Waals surface area contributed by atoms with E-state index in [0.29, 0.717) is 5.02 Å². The molecule has 0 spiro atoms. The third kappa shape index (κ3) is 3.26. The highest BCUT2D eigenvalue weighted by molar-refractivity contribution is 6.30. The van der Waals surface area contributed by atoms with Crippen molar-refractivity contribution in [3.05, 3.63) is 41.4 Å². The van der Waals surface area contributed by atoms with Crippen molar-refractivity contribution in [2.75, 3.05) is 13.7 Å². The van der Waals surface area contributed by atoms with Crippen molar-refractivity contribution in [1.82, 2.24) is 5.32 Å². The molecule has 0 radical (unpaired) electrons. The SMILES string of the molecule is C=CC(NCCC)c1cc(Cl)ccc1OC. The summed E-state index contributed by atoms with van der Waals surface area (Å²) < 4.78 is 5.32. The number of rotatable bonds is 6. The van der Waals surface area contributed by atoms with Gasteiger partial charge in [-0.25, -0.2) is 0 Å². The highest BCUT2D eigenvalue weighted by Crippen LogP contribution is 2.28. The third-order valence-electron chi connectivity index (χ3n) is 2.38. The molecule has 0 aliphatic carbocycles. The summed E-state index contributed by atoms with van der Waals surface area (Å²) in [6.07, 6.45) is 2.94. The zero-order valence-corrected chi connectivity index (χ0v) is 10.6. The minimum atomic E-state index is 0.0774. The third-order valence-corrected chi connectivity index (χ3v) is 2.61. The second kappa shape index (κ2) is 6.56. The summed E-state index contributed by atoms with van der Waals surface area (Å²) in [5.41, 5.74) is 1.03. The smallest absolute Gasteiger partial charge is 0.124 e. The number of benzene rings is 1. The predicted octanol–water partition coefficient (Wildman–Crippen LogP) is 3.58. The van der Waals surface area contributed by atoms with Gasteiger partial charge in [-0.05, 0) is 31.2 Å². The van der Waals surface area contributed by atoms with Gasteiger partial charge >= 0.3 is 0 Å². The lowest BCUT2D eigenvalue weighted by Gasteiger charge is -2.18. The van der Waals surface area contributed by atoms with E-state index in [9.17, 15) is 0 Å². The van der Waals surface area contributed by atoms with Crippen LogP contribution in [0.15, 0.2) is 30.9 Å². The first-order valence-electron chi connectivity index (χ1n) is 5.42. The summed E-state index contributed by atoms with van der Waals surface area (Å²) in [6.45, 7) is 6.90. The quantitative estimate of drug-likeness (QED) is 0.767. The van der Waals surface area contributed by atoms with E-state index in [1.807, 2.05) is 24.3 Å². The van der Waals surface area contributed by atoms with Crippen LogP contribution in [0.5, 0.6) is 5.75 Å². The van der Waals surface area contributed by atoms with Gasteiger partial charge in [0.2, 0.25) is 0 Å². The van der Waals surface area contributed by atoms with E-state index >= 15 is 0 Å². The number of methoxy groups -OCH3 is 1. The fraction of sp³-hybridized carbons (Fsp3) is 0.385. The average molecular weight is 240 g/mol. The van der Waals surface area contributed by atoms with Crippen LogP contribution in [0, 0.1) is 0 Å². The molecule has 16 heavy (non-hydrogen) atoms. The highest BCUT2D eigenvalue weighted by atomic mass is 35.5. The molecular formula is C13H18ClNO. The largest absolute Gasteiger partial charge is 0.496 e. The zero-order valence-electron chi connectivity index (χ0n) is 9.79. The Hall–Kier alpha value is -0.990. The van der Waals surface area contributed by atoms with Gasteiger partial charge in [0.15, 0.2) is 0 Å². The van der Waals surface area contributed by atoms with Crippen molar-refractivity contribution in [2.45, 2.75) is 19.4 Å². The van der Waals surface area contributed by atoms with Crippen molar-refractivity contribution in [3.8, 4) is 5.75 Å². The minimum Gasteiger partial charge on any atom is -0.496 e. The summed E-state index contributed by atoms with van der Waals surface area (Å²) in [6, 6.07) is 5.69. The highest BCUT2D eigenvalue weighted by Gasteiger charge is 2.12. The molecular weight excluding hydrogens is 222 g/mol. The van der Waals surface area contributed by atoms with E-state index in [-0.39, 0.29) is 6.04 Å². The molecule has 0 aliphatic heterocycles. The molecule has 1 N–H and O–H groups in total. The summed E-state index contributed by atoms with van der Waals surface area (Å²) >= 11 is 5.99. The predicted molar refractivity (Wildman–Crippen MR) is 69.2 cm³/mol. The van der Waals surface area contributed by atoms with E-state index in [2.05, 4.69) is 18.8 Å². The Morgan fingerprint density at radius 3 is 2.88 bits per heavy atom. The van der Waals surface area contributed by atoms with Gasteiger partial charge in [-0.15, -0.1) is 6.58 Å². The molecule has 0 fully saturated rings. The van der Waals surface area contributed by atoms with E-state index in [1.54, 1.807) is 7.11 Å². The fourth-order valence-corrected chi connectivity index (χ4v) is 1.75. The van der Waals surface area contributed by atoms with Crippen LogP contribution in [0.3, 0.4) is 0 Å². The number of hydrogen-bond acceptors (Lipinski definition) is 2. The molecule has 1 atom stereocenters. The monoisotopic (exact) mass is 239 g/mol. The maximum absolute atomic E-state index is 5.99. The molecule has 0 amide bonds. The number of nitrogens with one attached hydrogen (secondary N) is 1. The van der Waals surface area contributed by atoms with Gasteiger partial charge in [0, 0.05) is 10.6 Å². The van der Waals surface area contributed by atoms with Crippen molar-refractivity contribution in [3.63, 3.8) is 0 Å². The average Bonchev–Trinajstić information content (AvgIpc) is 2.30. The summed E-state index contributed by atoms with van der Waals surface area (Å²) in [7, 11) is 1.66. The Morgan fingerprint density at radius 1 is 1.56 bits per heavy atom. The molecule has 1 aromatic carbocycles. The molecule has 1 unspecified atom stereocenters. The van der Waals surface area contributed by atoms with Crippen LogP contribution in [0.25, 0.3) is 0 Å². The second-order valence-electron chi connectivity index (χ2n) is 3.55. The molecule has 2 nitrogen and oxygen atoms in total. The second-order valence-corrected chi connectivity index (χ2v) is 3.99. The summed E-state index contributed by atoms with van der Waals surface area (Å²) in [4.78, 5) is 0. The first-order chi connectivity index (χ1) is 7.72. The summed E-state index contributed by atoms with van der Waals surface area (Å²) in [5, 5.41) is 4.09. The molecule has 1 aromatic rings. The van der Waals surface area contributed by atoms with Crippen molar-refractivity contribution in [2.24, 2.45) is 0 Å². The first kappa shape index (κ1) is 13.1. The van der Waals surface area contributed by atoms with Crippen LogP contribution in [0.1, 0.15) is 24.9 Å². The molecule has 0 heterocycles. The standard InChI is InChI=1S/C13H18ClNO/c1-4-8-15-12(5-2)11-9-10(14)6-7-13(11)16-3/h5-7,9,12,15H,2,4,8H2,1,3H3. The van der Waals surface area contributed by atoms with E-state index in [4.69, 9.17) is 16.3 Å². The number of hydrogen-bond donors (Lipinski definition) is 1. The van der Waals surface area contributed by atoms with Crippen LogP contribution in [0.2, 0.25) is 5.02 Å². The lowest BCUT2D eigenvalue weighted by atomic mass is 10.1. The van der Waals surface area contributed by atoms with Gasteiger partial charge < -0.3 is 10.1 Å². The Bertz CT molecular complexity index is 352. The Morgan fingerprint density at radius 2 is 2.31 bits per heavy atom. The minimum absolute atomic E-state index is 0.0774. The zero-order chi connectivity index (χ0) is 12.0. The van der Waals surface area contributed by atoms with Crippen LogP contribution in [0.4, 0.5) is 0 Å². The topological polar surface area (TPSA) is 21.3 Å². The number of halogens is 1. The van der Waals surface area contributed by atoms with Crippen LogP contribution >= 0.6 is 11.6 Å². The number of ether oxygens (including phenoxy) is 1. The fourth-order valence-electron chi connectivity index (χ4n) is 1.57. The molecule has 0 saturated carbocycles. The maximum Gasteiger partial charge on any atom is 0.124 e. The lowest BCUT2D eigenvalue weighted by molar-refractivity contribution is 0.404. The van der Waals surface area contributed by atoms with Gasteiger partial charge in [-0.2, -0.15) is 0 Å². The lowest BCUT2D eigenvalue weighted by Crippen LogP contribution is -2.20. The maximum atomic E-state index is 5.99. The molecule has 0 aromatic heterocycles. The van der Waals surface area contributed by atoms with Crippen LogP contribution in [-0.2, 0) is 0 Å². The van der Waals surface area contributed by atoms with Crippen LogP contribution in [-0.4, -0.2) is 13.7 Å². The van der Waals surface area contributed by atoms with Crippen LogP contribution < -0.4 is 10.1 Å². The normalized spacial score (nSPS) is 12.2. The van der Waals surface area contributed by atoms with Crippen molar-refractivity contribution < 1.29 is 4.74 Å². The van der Waals surface area contributed by atoms with Gasteiger partial charge in [0.25, 0.3) is 0 Å². The Kier molecular flexibility index (Phi) is 5.36. The molecule has 0 bridgehead atoms.